The van der Waals surface area contributed by atoms with Gasteiger partial charge in [-0.05, 0) is 19.4 Å². The Morgan fingerprint density at radius 1 is 1.47 bits per heavy atom. The minimum Gasteiger partial charge on any atom is -0.466 e. The molecule has 0 aromatic carbocycles. The standard InChI is InChI=1S/C13H17N3O2S/c1-3-7-16-11(5-6-14-16)13-15-10(9-19-13)8-12(17)18-4-2/h5-6,9H,3-4,7-8H2,1-2H3. The number of esters is 1. The molecule has 0 saturated heterocycles. The van der Waals surface area contributed by atoms with Crippen molar-refractivity contribution in [2.75, 3.05) is 6.61 Å². The van der Waals surface area contributed by atoms with E-state index in [1.807, 2.05) is 16.1 Å². The summed E-state index contributed by atoms with van der Waals surface area (Å²) in [6.45, 7) is 5.18. The number of hydrogen-bond donors (Lipinski definition) is 0. The summed E-state index contributed by atoms with van der Waals surface area (Å²) in [5.74, 6) is -0.235. The highest BCUT2D eigenvalue weighted by Crippen LogP contribution is 2.23. The third kappa shape index (κ3) is 3.41. The van der Waals surface area contributed by atoms with Crippen LogP contribution in [0.4, 0.5) is 0 Å². The van der Waals surface area contributed by atoms with E-state index in [1.54, 1.807) is 13.1 Å². The number of carbonyl (C=O) groups is 1. The fraction of sp³-hybridized carbons (Fsp3) is 0.462. The molecule has 2 rings (SSSR count). The van der Waals surface area contributed by atoms with E-state index in [2.05, 4.69) is 17.0 Å². The molecule has 0 aliphatic rings. The molecular formula is C13H17N3O2S. The van der Waals surface area contributed by atoms with Crippen LogP contribution in [0, 0.1) is 0 Å². The first-order valence-electron chi connectivity index (χ1n) is 6.36. The largest absolute Gasteiger partial charge is 0.466 e. The van der Waals surface area contributed by atoms with Crippen LogP contribution in [0.2, 0.25) is 0 Å². The first-order valence-corrected chi connectivity index (χ1v) is 7.24. The maximum atomic E-state index is 11.4. The zero-order chi connectivity index (χ0) is 13.7. The van der Waals surface area contributed by atoms with Gasteiger partial charge in [0.15, 0.2) is 0 Å². The Morgan fingerprint density at radius 2 is 2.32 bits per heavy atom. The van der Waals surface area contributed by atoms with Crippen molar-refractivity contribution in [1.29, 1.82) is 0 Å². The average Bonchev–Trinajstić information content (AvgIpc) is 2.98. The molecular weight excluding hydrogens is 262 g/mol. The van der Waals surface area contributed by atoms with Crippen molar-refractivity contribution in [2.24, 2.45) is 0 Å². The summed E-state index contributed by atoms with van der Waals surface area (Å²) in [4.78, 5) is 15.9. The SMILES string of the molecule is CCCn1nccc1-c1nc(CC(=O)OCC)cs1. The Kier molecular flexibility index (Phi) is 4.68. The van der Waals surface area contributed by atoms with Crippen molar-refractivity contribution in [1.82, 2.24) is 14.8 Å². The fourth-order valence-electron chi connectivity index (χ4n) is 1.77. The molecule has 0 amide bonds. The van der Waals surface area contributed by atoms with Crippen LogP contribution >= 0.6 is 11.3 Å². The van der Waals surface area contributed by atoms with Gasteiger partial charge in [0.2, 0.25) is 0 Å². The quantitative estimate of drug-likeness (QED) is 0.762. The first-order chi connectivity index (χ1) is 9.24. The van der Waals surface area contributed by atoms with Crippen LogP contribution in [0.3, 0.4) is 0 Å². The number of aryl methyl sites for hydroxylation is 1. The third-order valence-electron chi connectivity index (χ3n) is 2.55. The molecule has 2 aromatic rings. The molecule has 6 heteroatoms. The summed E-state index contributed by atoms with van der Waals surface area (Å²) in [7, 11) is 0. The second kappa shape index (κ2) is 6.47. The molecule has 0 N–H and O–H groups in total. The summed E-state index contributed by atoms with van der Waals surface area (Å²) < 4.78 is 6.85. The van der Waals surface area contributed by atoms with Gasteiger partial charge in [-0.25, -0.2) is 4.98 Å². The summed E-state index contributed by atoms with van der Waals surface area (Å²) >= 11 is 1.53. The highest BCUT2D eigenvalue weighted by Gasteiger charge is 2.12. The van der Waals surface area contributed by atoms with E-state index >= 15 is 0 Å². The van der Waals surface area contributed by atoms with E-state index in [4.69, 9.17) is 4.74 Å². The lowest BCUT2D eigenvalue weighted by atomic mass is 10.3. The van der Waals surface area contributed by atoms with E-state index < -0.39 is 0 Å². The van der Waals surface area contributed by atoms with Crippen molar-refractivity contribution in [2.45, 2.75) is 33.2 Å². The second-order valence-corrected chi connectivity index (χ2v) is 4.92. The molecule has 102 valence electrons. The Bertz CT molecular complexity index is 548. The van der Waals surface area contributed by atoms with Crippen LogP contribution in [0.5, 0.6) is 0 Å². The minimum atomic E-state index is -0.235. The Labute approximate surface area is 116 Å². The summed E-state index contributed by atoms with van der Waals surface area (Å²) in [6, 6.07) is 1.95. The minimum absolute atomic E-state index is 0.228. The van der Waals surface area contributed by atoms with E-state index in [0.29, 0.717) is 6.61 Å². The molecule has 19 heavy (non-hydrogen) atoms. The van der Waals surface area contributed by atoms with Gasteiger partial charge in [-0.2, -0.15) is 5.10 Å². The van der Waals surface area contributed by atoms with E-state index in [0.717, 1.165) is 29.4 Å². The van der Waals surface area contributed by atoms with Gasteiger partial charge >= 0.3 is 5.97 Å². The maximum absolute atomic E-state index is 11.4. The van der Waals surface area contributed by atoms with Crippen LogP contribution in [0.15, 0.2) is 17.6 Å². The first kappa shape index (κ1) is 13.7. The highest BCUT2D eigenvalue weighted by atomic mass is 32.1. The van der Waals surface area contributed by atoms with Gasteiger partial charge < -0.3 is 4.74 Å². The third-order valence-corrected chi connectivity index (χ3v) is 3.47. The topological polar surface area (TPSA) is 57.0 Å². The molecule has 5 nitrogen and oxygen atoms in total. The van der Waals surface area contributed by atoms with Crippen molar-refractivity contribution < 1.29 is 9.53 Å². The molecule has 0 aliphatic heterocycles. The number of carbonyl (C=O) groups excluding carboxylic acids is 1. The van der Waals surface area contributed by atoms with E-state index in [-0.39, 0.29) is 12.4 Å². The second-order valence-electron chi connectivity index (χ2n) is 4.07. The molecule has 0 fully saturated rings. The van der Waals surface area contributed by atoms with Gasteiger partial charge in [0, 0.05) is 18.1 Å². The predicted octanol–water partition coefficient (Wildman–Crippen LogP) is 2.52. The summed E-state index contributed by atoms with van der Waals surface area (Å²) in [5, 5.41) is 7.07. The van der Waals surface area contributed by atoms with E-state index in [9.17, 15) is 4.79 Å². The lowest BCUT2D eigenvalue weighted by molar-refractivity contribution is -0.142. The van der Waals surface area contributed by atoms with Crippen LogP contribution < -0.4 is 0 Å². The van der Waals surface area contributed by atoms with Gasteiger partial charge in [-0.3, -0.25) is 9.48 Å². The van der Waals surface area contributed by atoms with Crippen LogP contribution in [0.1, 0.15) is 26.0 Å². The molecule has 0 bridgehead atoms. The van der Waals surface area contributed by atoms with Crippen molar-refractivity contribution in [3.05, 3.63) is 23.3 Å². The number of thiazole rings is 1. The predicted molar refractivity (Wildman–Crippen MR) is 74.0 cm³/mol. The monoisotopic (exact) mass is 279 g/mol. The fourth-order valence-corrected chi connectivity index (χ4v) is 2.62. The molecule has 0 radical (unpaired) electrons. The Morgan fingerprint density at radius 3 is 3.05 bits per heavy atom. The number of nitrogens with zero attached hydrogens (tertiary/aromatic N) is 3. The zero-order valence-corrected chi connectivity index (χ0v) is 11.9. The van der Waals surface area contributed by atoms with Gasteiger partial charge in [0.25, 0.3) is 0 Å². The van der Waals surface area contributed by atoms with Gasteiger partial charge in [-0.1, -0.05) is 6.92 Å². The van der Waals surface area contributed by atoms with Crippen molar-refractivity contribution >= 4 is 17.3 Å². The maximum Gasteiger partial charge on any atom is 0.311 e. The Balaban J connectivity index is 2.12. The molecule has 0 aliphatic carbocycles. The Hall–Kier alpha value is -1.69. The van der Waals surface area contributed by atoms with Gasteiger partial charge in [-0.15, -0.1) is 11.3 Å². The summed E-state index contributed by atoms with van der Waals surface area (Å²) in [6.07, 6.45) is 3.03. The normalized spacial score (nSPS) is 10.6. The van der Waals surface area contributed by atoms with Crippen molar-refractivity contribution in [3.8, 4) is 10.7 Å². The lowest BCUT2D eigenvalue weighted by Gasteiger charge is -2.02. The average molecular weight is 279 g/mol. The number of hydrogen-bond acceptors (Lipinski definition) is 5. The van der Waals surface area contributed by atoms with Crippen molar-refractivity contribution in [3.63, 3.8) is 0 Å². The van der Waals surface area contributed by atoms with Crippen LogP contribution in [-0.2, 0) is 22.5 Å². The molecule has 2 aromatic heterocycles. The molecule has 2 heterocycles. The van der Waals surface area contributed by atoms with Gasteiger partial charge in [0.1, 0.15) is 5.01 Å². The molecule has 0 unspecified atom stereocenters. The number of ether oxygens (including phenoxy) is 1. The van der Waals surface area contributed by atoms with Gasteiger partial charge in [0.05, 0.1) is 24.4 Å². The van der Waals surface area contributed by atoms with E-state index in [1.165, 1.54) is 11.3 Å². The number of rotatable bonds is 6. The summed E-state index contributed by atoms with van der Waals surface area (Å²) in [5.41, 5.74) is 1.75. The number of aromatic nitrogens is 3. The van der Waals surface area contributed by atoms with Crippen LogP contribution in [0.25, 0.3) is 10.7 Å². The van der Waals surface area contributed by atoms with Crippen LogP contribution in [-0.4, -0.2) is 27.3 Å². The molecule has 0 spiro atoms. The molecule has 0 atom stereocenters. The highest BCUT2D eigenvalue weighted by molar-refractivity contribution is 7.13. The molecule has 0 saturated carbocycles. The zero-order valence-electron chi connectivity index (χ0n) is 11.1. The smallest absolute Gasteiger partial charge is 0.311 e. The lowest BCUT2D eigenvalue weighted by Crippen LogP contribution is -2.07.